The summed E-state index contributed by atoms with van der Waals surface area (Å²) in [6.45, 7) is 7.60. The van der Waals surface area contributed by atoms with Gasteiger partial charge in [0.25, 0.3) is 11.2 Å². The van der Waals surface area contributed by atoms with Crippen LogP contribution < -0.4 is 14.9 Å². The van der Waals surface area contributed by atoms with E-state index in [1.54, 1.807) is 30.5 Å². The molecule has 4 aromatic rings. The number of allylic oxidation sites excluding steroid dienone is 1. The minimum atomic E-state index is -0.656. The lowest BCUT2D eigenvalue weighted by Gasteiger charge is -2.24. The van der Waals surface area contributed by atoms with Gasteiger partial charge in [-0.25, -0.2) is 9.79 Å². The summed E-state index contributed by atoms with van der Waals surface area (Å²) in [4.78, 5) is 42.6. The predicted molar refractivity (Wildman–Crippen MR) is 149 cm³/mol. The summed E-state index contributed by atoms with van der Waals surface area (Å²) < 4.78 is 9.38. The number of fused-ring (bicyclic) bond motifs is 1. The normalized spacial score (nSPS) is 15.2. The Morgan fingerprint density at radius 1 is 1.13 bits per heavy atom. The van der Waals surface area contributed by atoms with Crippen molar-refractivity contribution in [3.63, 3.8) is 0 Å². The van der Waals surface area contributed by atoms with Crippen molar-refractivity contribution in [2.24, 2.45) is 4.99 Å². The van der Waals surface area contributed by atoms with Crippen molar-refractivity contribution in [2.75, 3.05) is 6.61 Å². The van der Waals surface area contributed by atoms with Crippen LogP contribution in [0.5, 0.6) is 0 Å². The Morgan fingerprint density at radius 2 is 1.82 bits per heavy atom. The number of rotatable bonds is 6. The minimum Gasteiger partial charge on any atom is -0.463 e. The number of nitrogens with zero attached hydrogens (tertiary/aromatic N) is 4. The number of nitro groups is 1. The van der Waals surface area contributed by atoms with Crippen LogP contribution in [-0.2, 0) is 9.53 Å². The molecule has 0 unspecified atom stereocenters. The molecule has 198 valence electrons. The van der Waals surface area contributed by atoms with Crippen molar-refractivity contribution < 1.29 is 14.5 Å². The zero-order valence-corrected chi connectivity index (χ0v) is 22.7. The van der Waals surface area contributed by atoms with Gasteiger partial charge in [-0.3, -0.25) is 19.5 Å². The average Bonchev–Trinajstić information content (AvgIpc) is 3.37. The van der Waals surface area contributed by atoms with Crippen LogP contribution in [0.3, 0.4) is 0 Å². The number of non-ortho nitro benzene ring substituents is 1. The quantitative estimate of drug-likeness (QED) is 0.207. The van der Waals surface area contributed by atoms with Crippen LogP contribution >= 0.6 is 11.3 Å². The highest BCUT2D eigenvalue weighted by Gasteiger charge is 2.33. The Morgan fingerprint density at radius 3 is 2.46 bits per heavy atom. The first kappa shape index (κ1) is 26.1. The summed E-state index contributed by atoms with van der Waals surface area (Å²) in [5.41, 5.74) is 4.86. The molecular weight excluding hydrogens is 516 g/mol. The second kappa shape index (κ2) is 10.3. The number of nitro benzene ring substituents is 1. The number of thiazole rings is 1. The fraction of sp³-hybridized carbons (Fsp3) is 0.207. The van der Waals surface area contributed by atoms with Gasteiger partial charge in [-0.15, -0.1) is 0 Å². The van der Waals surface area contributed by atoms with Gasteiger partial charge in [0.2, 0.25) is 0 Å². The lowest BCUT2D eigenvalue weighted by molar-refractivity contribution is -0.384. The number of carbonyl (C=O) groups excluding carboxylic acids is 1. The molecule has 0 aliphatic carbocycles. The highest BCUT2D eigenvalue weighted by atomic mass is 32.1. The first-order valence-corrected chi connectivity index (χ1v) is 13.2. The van der Waals surface area contributed by atoms with Gasteiger partial charge in [-0.05, 0) is 63.1 Å². The number of ether oxygens (including phenoxy) is 1. The molecule has 0 saturated carbocycles. The van der Waals surface area contributed by atoms with Crippen LogP contribution in [0.4, 0.5) is 5.69 Å². The van der Waals surface area contributed by atoms with E-state index in [0.29, 0.717) is 20.6 Å². The molecule has 3 heterocycles. The minimum absolute atomic E-state index is 0.0213. The van der Waals surface area contributed by atoms with Gasteiger partial charge in [-0.2, -0.15) is 0 Å². The second-order valence-corrected chi connectivity index (χ2v) is 10.2. The Bertz CT molecular complexity index is 1810. The molecule has 0 radical (unpaired) electrons. The number of hydrogen-bond acceptors (Lipinski definition) is 7. The van der Waals surface area contributed by atoms with Gasteiger partial charge in [0.1, 0.15) is 0 Å². The third kappa shape index (κ3) is 4.63. The molecule has 1 atom stereocenters. The fourth-order valence-electron chi connectivity index (χ4n) is 4.94. The highest BCUT2D eigenvalue weighted by Crippen LogP contribution is 2.30. The topological polar surface area (TPSA) is 109 Å². The van der Waals surface area contributed by atoms with E-state index in [1.165, 1.54) is 23.5 Å². The fourth-order valence-corrected chi connectivity index (χ4v) is 5.98. The summed E-state index contributed by atoms with van der Waals surface area (Å²) in [5, 5.41) is 11.1. The van der Waals surface area contributed by atoms with Crippen LogP contribution in [0, 0.1) is 24.0 Å². The van der Waals surface area contributed by atoms with E-state index in [9.17, 15) is 19.7 Å². The predicted octanol–water partition coefficient (Wildman–Crippen LogP) is 4.11. The number of esters is 1. The zero-order chi connectivity index (χ0) is 27.8. The Balaban J connectivity index is 1.65. The van der Waals surface area contributed by atoms with Crippen molar-refractivity contribution in [1.82, 2.24) is 9.13 Å². The lowest BCUT2D eigenvalue weighted by atomic mass is 9.96. The molecule has 0 fully saturated rings. The maximum atomic E-state index is 13.8. The van der Waals surface area contributed by atoms with Gasteiger partial charge in [-0.1, -0.05) is 41.7 Å². The van der Waals surface area contributed by atoms with Crippen LogP contribution in [0.15, 0.2) is 81.7 Å². The van der Waals surface area contributed by atoms with E-state index in [4.69, 9.17) is 4.74 Å². The number of hydrogen-bond donors (Lipinski definition) is 0. The standard InChI is InChI=1S/C29H26N4O5S/c1-5-38-28(35)25-18(3)30-29-32(26(25)20-9-7-6-8-10-20)27(34)24(39-29)16-21-15-17(2)31(19(21)4)22-11-13-23(14-12-22)33(36)37/h6-16,26H,5H2,1-4H3/b24-16+/t26-/m1/s1. The van der Waals surface area contributed by atoms with E-state index >= 15 is 0 Å². The molecule has 0 spiro atoms. The average molecular weight is 543 g/mol. The molecule has 1 aliphatic heterocycles. The molecule has 0 saturated heterocycles. The number of benzene rings is 2. The van der Waals surface area contributed by atoms with Gasteiger partial charge >= 0.3 is 5.97 Å². The van der Waals surface area contributed by atoms with Crippen molar-refractivity contribution in [2.45, 2.75) is 33.7 Å². The van der Waals surface area contributed by atoms with Crippen LogP contribution in [0.2, 0.25) is 0 Å². The smallest absolute Gasteiger partial charge is 0.338 e. The Kier molecular flexibility index (Phi) is 6.88. The molecule has 9 nitrogen and oxygen atoms in total. The highest BCUT2D eigenvalue weighted by molar-refractivity contribution is 7.07. The first-order valence-electron chi connectivity index (χ1n) is 12.4. The van der Waals surface area contributed by atoms with E-state index in [1.807, 2.05) is 60.9 Å². The number of aryl methyl sites for hydroxylation is 1. The van der Waals surface area contributed by atoms with E-state index in [2.05, 4.69) is 4.99 Å². The summed E-state index contributed by atoms with van der Waals surface area (Å²) in [5.74, 6) is -0.492. The summed E-state index contributed by atoms with van der Waals surface area (Å²) in [6, 6.07) is 17.1. The first-order chi connectivity index (χ1) is 18.7. The molecule has 2 aromatic heterocycles. The number of carbonyl (C=O) groups is 1. The molecule has 10 heteroatoms. The Hall–Kier alpha value is -4.57. The Labute approximate surface area is 227 Å². The third-order valence-electron chi connectivity index (χ3n) is 6.71. The van der Waals surface area contributed by atoms with E-state index in [-0.39, 0.29) is 17.9 Å². The third-order valence-corrected chi connectivity index (χ3v) is 7.69. The van der Waals surface area contributed by atoms with Crippen LogP contribution in [0.25, 0.3) is 11.8 Å². The van der Waals surface area contributed by atoms with Gasteiger partial charge < -0.3 is 9.30 Å². The summed E-state index contributed by atoms with van der Waals surface area (Å²) in [6.07, 6.45) is 1.83. The van der Waals surface area contributed by atoms with Gasteiger partial charge in [0.05, 0.1) is 33.4 Å². The lowest BCUT2D eigenvalue weighted by Crippen LogP contribution is -2.39. The monoisotopic (exact) mass is 542 g/mol. The van der Waals surface area contributed by atoms with E-state index in [0.717, 1.165) is 28.2 Å². The zero-order valence-electron chi connectivity index (χ0n) is 21.9. The maximum Gasteiger partial charge on any atom is 0.338 e. The molecular formula is C29H26N4O5S. The van der Waals surface area contributed by atoms with Crippen molar-refractivity contribution in [3.8, 4) is 5.69 Å². The van der Waals surface area contributed by atoms with Crippen molar-refractivity contribution in [3.05, 3.63) is 124 Å². The number of aromatic nitrogens is 2. The van der Waals surface area contributed by atoms with E-state index < -0.39 is 16.9 Å². The largest absolute Gasteiger partial charge is 0.463 e. The van der Waals surface area contributed by atoms with Crippen molar-refractivity contribution in [1.29, 1.82) is 0 Å². The van der Waals surface area contributed by atoms with Gasteiger partial charge in [0, 0.05) is 29.2 Å². The van der Waals surface area contributed by atoms with Crippen molar-refractivity contribution >= 4 is 29.1 Å². The molecule has 2 aromatic carbocycles. The molecule has 39 heavy (non-hydrogen) atoms. The maximum absolute atomic E-state index is 13.8. The molecule has 0 N–H and O–H groups in total. The molecule has 1 aliphatic rings. The van der Waals surface area contributed by atoms with Gasteiger partial charge in [0.15, 0.2) is 4.80 Å². The molecule has 0 amide bonds. The SMILES string of the molecule is CCOC(=O)C1=C(C)N=c2s/c(=C/c3cc(C)n(-c4ccc([N+](=O)[O-])cc4)c3C)c(=O)n2[C@@H]1c1ccccc1. The van der Waals surface area contributed by atoms with Crippen LogP contribution in [0.1, 0.15) is 42.4 Å². The summed E-state index contributed by atoms with van der Waals surface area (Å²) >= 11 is 1.27. The summed E-state index contributed by atoms with van der Waals surface area (Å²) in [7, 11) is 0. The van der Waals surface area contributed by atoms with Crippen LogP contribution in [-0.4, -0.2) is 26.6 Å². The second-order valence-electron chi connectivity index (χ2n) is 9.15. The molecule has 0 bridgehead atoms. The molecule has 5 rings (SSSR count).